The number of sulfone groups is 1. The zero-order chi connectivity index (χ0) is 19.8. The first-order valence-electron chi connectivity index (χ1n) is 8.81. The lowest BCUT2D eigenvalue weighted by molar-refractivity contribution is 0.0747. The van der Waals surface area contributed by atoms with Crippen LogP contribution in [0, 0.1) is 20.8 Å². The highest BCUT2D eigenvalue weighted by molar-refractivity contribution is 7.91. The Kier molecular flexibility index (Phi) is 5.19. The molecule has 0 spiro atoms. The first-order chi connectivity index (χ1) is 12.7. The molecule has 2 aromatic rings. The molecule has 0 radical (unpaired) electrons. The number of aromatic nitrogens is 2. The van der Waals surface area contributed by atoms with Gasteiger partial charge in [-0.15, -0.1) is 0 Å². The average Bonchev–Trinajstić information content (AvgIpc) is 2.97. The van der Waals surface area contributed by atoms with Gasteiger partial charge >= 0.3 is 0 Å². The van der Waals surface area contributed by atoms with E-state index >= 15 is 0 Å². The van der Waals surface area contributed by atoms with Crippen LogP contribution in [0.3, 0.4) is 0 Å². The van der Waals surface area contributed by atoms with E-state index in [9.17, 15) is 13.2 Å². The Hall–Kier alpha value is -2.48. The molecule has 7 nitrogen and oxygen atoms in total. The molecule has 1 unspecified atom stereocenters. The number of aryl methyl sites for hydroxylation is 3. The number of nitrogens with one attached hydrogen (secondary N) is 1. The lowest BCUT2D eigenvalue weighted by Crippen LogP contribution is -2.37. The molecule has 1 saturated heterocycles. The van der Waals surface area contributed by atoms with Crippen molar-refractivity contribution in [2.45, 2.75) is 33.2 Å². The van der Waals surface area contributed by atoms with Crippen LogP contribution in [-0.4, -0.2) is 53.8 Å². The first kappa shape index (κ1) is 19.3. The van der Waals surface area contributed by atoms with Crippen molar-refractivity contribution < 1.29 is 13.2 Å². The molecule has 1 aliphatic heterocycles. The van der Waals surface area contributed by atoms with Crippen LogP contribution >= 0.6 is 0 Å². The van der Waals surface area contributed by atoms with Gasteiger partial charge in [0.2, 0.25) is 5.95 Å². The zero-order valence-corrected chi connectivity index (χ0v) is 16.8. The van der Waals surface area contributed by atoms with Crippen LogP contribution in [0.25, 0.3) is 0 Å². The quantitative estimate of drug-likeness (QED) is 0.865. The predicted octanol–water partition coefficient (Wildman–Crippen LogP) is 2.40. The third-order valence-electron chi connectivity index (χ3n) is 4.89. The summed E-state index contributed by atoms with van der Waals surface area (Å²) in [4.78, 5) is 22.6. The van der Waals surface area contributed by atoms with Crippen LogP contribution in [0.5, 0.6) is 0 Å². The fourth-order valence-corrected chi connectivity index (χ4v) is 5.22. The molecule has 1 N–H and O–H groups in total. The van der Waals surface area contributed by atoms with Gasteiger partial charge in [0.25, 0.3) is 5.91 Å². The van der Waals surface area contributed by atoms with Crippen LogP contribution in [0.15, 0.2) is 24.5 Å². The second-order valence-electron chi connectivity index (χ2n) is 7.17. The van der Waals surface area contributed by atoms with Gasteiger partial charge in [0.1, 0.15) is 0 Å². The van der Waals surface area contributed by atoms with Gasteiger partial charge in [-0.3, -0.25) is 4.79 Å². The highest BCUT2D eigenvalue weighted by Crippen LogP contribution is 2.24. The number of hydrogen-bond donors (Lipinski definition) is 1. The minimum Gasteiger partial charge on any atom is -0.338 e. The van der Waals surface area contributed by atoms with E-state index in [4.69, 9.17) is 0 Å². The van der Waals surface area contributed by atoms with E-state index in [1.807, 2.05) is 20.8 Å². The van der Waals surface area contributed by atoms with Gasteiger partial charge in [0, 0.05) is 31.2 Å². The molecule has 0 bridgehead atoms. The number of carbonyl (C=O) groups excluding carboxylic acids is 1. The van der Waals surface area contributed by atoms with Crippen LogP contribution in [0.2, 0.25) is 0 Å². The Morgan fingerprint density at radius 1 is 1.15 bits per heavy atom. The Morgan fingerprint density at radius 3 is 2.26 bits per heavy atom. The molecule has 27 heavy (non-hydrogen) atoms. The van der Waals surface area contributed by atoms with E-state index in [0.29, 0.717) is 17.9 Å². The molecule has 1 aliphatic rings. The molecule has 3 rings (SSSR count). The Balaban J connectivity index is 1.73. The Morgan fingerprint density at radius 2 is 1.74 bits per heavy atom. The van der Waals surface area contributed by atoms with Crippen LogP contribution < -0.4 is 5.32 Å². The van der Waals surface area contributed by atoms with Crippen molar-refractivity contribution >= 4 is 27.4 Å². The monoisotopic (exact) mass is 388 g/mol. The van der Waals surface area contributed by atoms with Crippen molar-refractivity contribution in [3.8, 4) is 0 Å². The minimum atomic E-state index is -3.04. The van der Waals surface area contributed by atoms with Crippen molar-refractivity contribution in [1.82, 2.24) is 14.9 Å². The van der Waals surface area contributed by atoms with Gasteiger partial charge in [0.05, 0.1) is 17.1 Å². The highest BCUT2D eigenvalue weighted by atomic mass is 32.2. The molecule has 144 valence electrons. The van der Waals surface area contributed by atoms with Crippen molar-refractivity contribution in [2.24, 2.45) is 0 Å². The summed E-state index contributed by atoms with van der Waals surface area (Å²) in [5, 5.41) is 3.20. The molecule has 2 heterocycles. The summed E-state index contributed by atoms with van der Waals surface area (Å²) in [6.07, 6.45) is 3.41. The predicted molar refractivity (Wildman–Crippen MR) is 105 cm³/mol. The standard InChI is InChI=1S/C19H24N4O3S/c1-12-7-13(2)17(14(3)8-12)22-19-20-9-15(10-21-19)18(24)23(4)16-5-6-27(25,26)11-16/h7-10,16H,5-6,11H2,1-4H3,(H,20,21,22). The number of hydrogen-bond acceptors (Lipinski definition) is 6. The lowest BCUT2D eigenvalue weighted by atomic mass is 10.1. The number of carbonyl (C=O) groups is 1. The lowest BCUT2D eigenvalue weighted by Gasteiger charge is -2.23. The molecule has 1 atom stereocenters. The van der Waals surface area contributed by atoms with Gasteiger partial charge in [-0.2, -0.15) is 0 Å². The summed E-state index contributed by atoms with van der Waals surface area (Å²) in [7, 11) is -1.42. The molecule has 0 aliphatic carbocycles. The molecule has 8 heteroatoms. The van der Waals surface area contributed by atoms with Gasteiger partial charge < -0.3 is 10.2 Å². The summed E-state index contributed by atoms with van der Waals surface area (Å²) >= 11 is 0. The summed E-state index contributed by atoms with van der Waals surface area (Å²) < 4.78 is 23.3. The Bertz CT molecular complexity index is 948. The number of benzene rings is 1. The molecule has 1 amide bonds. The minimum absolute atomic E-state index is 0.0156. The third kappa shape index (κ3) is 4.27. The fraction of sp³-hybridized carbons (Fsp3) is 0.421. The molecular formula is C19H24N4O3S. The van der Waals surface area contributed by atoms with Gasteiger partial charge in [-0.05, 0) is 38.3 Å². The van der Waals surface area contributed by atoms with E-state index in [-0.39, 0.29) is 23.5 Å². The zero-order valence-electron chi connectivity index (χ0n) is 16.0. The largest absolute Gasteiger partial charge is 0.338 e. The SMILES string of the molecule is Cc1cc(C)c(Nc2ncc(C(=O)N(C)C3CCS(=O)(=O)C3)cn2)c(C)c1. The molecule has 1 fully saturated rings. The van der Waals surface area contributed by atoms with Crippen molar-refractivity contribution in [3.05, 3.63) is 46.8 Å². The third-order valence-corrected chi connectivity index (χ3v) is 6.64. The second kappa shape index (κ2) is 7.26. The number of amides is 1. The number of nitrogens with zero attached hydrogens (tertiary/aromatic N) is 3. The number of rotatable bonds is 4. The van der Waals surface area contributed by atoms with Crippen LogP contribution in [0.1, 0.15) is 33.5 Å². The van der Waals surface area contributed by atoms with Crippen molar-refractivity contribution in [1.29, 1.82) is 0 Å². The maximum atomic E-state index is 12.6. The normalized spacial score (nSPS) is 18.3. The van der Waals surface area contributed by atoms with E-state index in [0.717, 1.165) is 16.8 Å². The fourth-order valence-electron chi connectivity index (χ4n) is 3.44. The van der Waals surface area contributed by atoms with Gasteiger partial charge in [-0.1, -0.05) is 17.7 Å². The van der Waals surface area contributed by atoms with E-state index in [2.05, 4.69) is 27.4 Å². The van der Waals surface area contributed by atoms with E-state index in [1.165, 1.54) is 22.9 Å². The number of anilines is 2. The van der Waals surface area contributed by atoms with E-state index in [1.54, 1.807) is 7.05 Å². The summed E-state index contributed by atoms with van der Waals surface area (Å²) in [5.41, 5.74) is 4.67. The smallest absolute Gasteiger partial charge is 0.257 e. The first-order valence-corrected chi connectivity index (χ1v) is 10.6. The van der Waals surface area contributed by atoms with Crippen molar-refractivity contribution in [2.75, 3.05) is 23.9 Å². The van der Waals surface area contributed by atoms with Crippen LogP contribution in [0.4, 0.5) is 11.6 Å². The van der Waals surface area contributed by atoms with Crippen molar-refractivity contribution in [3.63, 3.8) is 0 Å². The molecule has 1 aromatic carbocycles. The Labute approximate surface area is 159 Å². The summed E-state index contributed by atoms with van der Waals surface area (Å²) in [5.74, 6) is 0.282. The molecule has 0 saturated carbocycles. The summed E-state index contributed by atoms with van der Waals surface area (Å²) in [6.45, 7) is 6.09. The average molecular weight is 388 g/mol. The maximum Gasteiger partial charge on any atom is 0.257 e. The highest BCUT2D eigenvalue weighted by Gasteiger charge is 2.33. The molecule has 1 aromatic heterocycles. The summed E-state index contributed by atoms with van der Waals surface area (Å²) in [6, 6.07) is 3.87. The second-order valence-corrected chi connectivity index (χ2v) is 9.40. The maximum absolute atomic E-state index is 12.6. The van der Waals surface area contributed by atoms with Gasteiger partial charge in [-0.25, -0.2) is 18.4 Å². The van der Waals surface area contributed by atoms with E-state index < -0.39 is 9.84 Å². The molecular weight excluding hydrogens is 364 g/mol. The van der Waals surface area contributed by atoms with Gasteiger partial charge in [0.15, 0.2) is 9.84 Å². The van der Waals surface area contributed by atoms with Crippen LogP contribution in [-0.2, 0) is 9.84 Å². The topological polar surface area (TPSA) is 92.3 Å².